The summed E-state index contributed by atoms with van der Waals surface area (Å²) in [7, 11) is 0. The molecule has 0 aromatic heterocycles. The van der Waals surface area contributed by atoms with Gasteiger partial charge in [0.15, 0.2) is 0 Å². The van der Waals surface area contributed by atoms with Crippen molar-refractivity contribution in [1.29, 1.82) is 0 Å². The molecule has 0 aliphatic heterocycles. The van der Waals surface area contributed by atoms with Crippen LogP contribution in [0.3, 0.4) is 0 Å². The average Bonchev–Trinajstić information content (AvgIpc) is 2.16. The molecule has 0 amide bonds. The molecule has 14 heavy (non-hydrogen) atoms. The van der Waals surface area contributed by atoms with Crippen molar-refractivity contribution in [2.45, 2.75) is 32.9 Å². The second-order valence-electron chi connectivity index (χ2n) is 3.53. The van der Waals surface area contributed by atoms with E-state index in [1.54, 1.807) is 12.1 Å². The van der Waals surface area contributed by atoms with E-state index in [9.17, 15) is 4.39 Å². The van der Waals surface area contributed by atoms with E-state index in [0.29, 0.717) is 23.2 Å². The molecule has 0 saturated heterocycles. The fourth-order valence-electron chi connectivity index (χ4n) is 1.21. The summed E-state index contributed by atoms with van der Waals surface area (Å²) in [6, 6.07) is 5.31. The van der Waals surface area contributed by atoms with Gasteiger partial charge in [-0.3, -0.25) is 0 Å². The molecule has 1 aromatic carbocycles. The first-order chi connectivity index (χ1) is 6.65. The van der Waals surface area contributed by atoms with Crippen molar-refractivity contribution >= 4 is 11.6 Å². The van der Waals surface area contributed by atoms with Crippen LogP contribution < -0.4 is 5.32 Å². The Morgan fingerprint density at radius 2 is 2.21 bits per heavy atom. The third-order valence-electron chi connectivity index (χ3n) is 2.43. The fraction of sp³-hybridized carbons (Fsp3) is 0.455. The molecule has 1 atom stereocenters. The number of halogens is 2. The molecule has 0 heterocycles. The maximum absolute atomic E-state index is 13.3. The lowest BCUT2D eigenvalue weighted by atomic mass is 10.2. The first-order valence-corrected chi connectivity index (χ1v) is 5.29. The predicted octanol–water partition coefficient (Wildman–Crippen LogP) is 2.34. The summed E-state index contributed by atoms with van der Waals surface area (Å²) in [5, 5.41) is 2.62. The van der Waals surface area contributed by atoms with Gasteiger partial charge in [0.05, 0.1) is 16.6 Å². The Morgan fingerprint density at radius 1 is 1.50 bits per heavy atom. The van der Waals surface area contributed by atoms with Gasteiger partial charge in [-0.2, -0.15) is 0 Å². The van der Waals surface area contributed by atoms with Crippen LogP contribution in [-0.4, -0.2) is 6.04 Å². The number of benzene rings is 1. The third kappa shape index (κ3) is 2.96. The first-order valence-electron chi connectivity index (χ1n) is 4.91. The van der Waals surface area contributed by atoms with Crippen molar-refractivity contribution in [3.05, 3.63) is 34.6 Å². The van der Waals surface area contributed by atoms with Crippen LogP contribution >= 0.6 is 11.6 Å². The van der Waals surface area contributed by atoms with E-state index in [1.807, 2.05) is 0 Å². The molecular weight excluding hydrogens is 201 g/mol. The number of hydrogen-bond acceptors (Lipinski definition) is 0. The SMILES string of the molecule is CC[C@@H](C)[NH2+]Cc1c(F)cccc1Cl. The van der Waals surface area contributed by atoms with Crippen molar-refractivity contribution in [2.75, 3.05) is 0 Å². The highest BCUT2D eigenvalue weighted by Gasteiger charge is 2.10. The summed E-state index contributed by atoms with van der Waals surface area (Å²) in [4.78, 5) is 0. The van der Waals surface area contributed by atoms with Crippen LogP contribution in [0.25, 0.3) is 0 Å². The summed E-state index contributed by atoms with van der Waals surface area (Å²) >= 11 is 5.90. The van der Waals surface area contributed by atoms with Crippen molar-refractivity contribution in [2.24, 2.45) is 0 Å². The van der Waals surface area contributed by atoms with Crippen LogP contribution in [0, 0.1) is 5.82 Å². The minimum absolute atomic E-state index is 0.211. The van der Waals surface area contributed by atoms with Crippen LogP contribution in [-0.2, 0) is 6.54 Å². The van der Waals surface area contributed by atoms with E-state index in [1.165, 1.54) is 6.07 Å². The van der Waals surface area contributed by atoms with Gasteiger partial charge in [0.25, 0.3) is 0 Å². The largest absolute Gasteiger partial charge is 0.340 e. The van der Waals surface area contributed by atoms with Gasteiger partial charge < -0.3 is 5.32 Å². The third-order valence-corrected chi connectivity index (χ3v) is 2.78. The van der Waals surface area contributed by atoms with Crippen LogP contribution in [0.4, 0.5) is 4.39 Å². The van der Waals surface area contributed by atoms with Crippen molar-refractivity contribution in [3.8, 4) is 0 Å². The molecule has 0 saturated carbocycles. The Kier molecular flexibility index (Phi) is 4.36. The summed E-state index contributed by atoms with van der Waals surface area (Å²) in [6.07, 6.45) is 1.08. The van der Waals surface area contributed by atoms with E-state index >= 15 is 0 Å². The molecule has 0 aliphatic carbocycles. The lowest BCUT2D eigenvalue weighted by Crippen LogP contribution is -2.87. The van der Waals surface area contributed by atoms with Gasteiger partial charge in [0, 0.05) is 0 Å². The minimum atomic E-state index is -0.211. The highest BCUT2D eigenvalue weighted by atomic mass is 35.5. The molecule has 0 unspecified atom stereocenters. The van der Waals surface area contributed by atoms with Gasteiger partial charge >= 0.3 is 0 Å². The lowest BCUT2D eigenvalue weighted by molar-refractivity contribution is -0.701. The van der Waals surface area contributed by atoms with Gasteiger partial charge in [-0.25, -0.2) is 4.39 Å². The Morgan fingerprint density at radius 3 is 2.79 bits per heavy atom. The van der Waals surface area contributed by atoms with Crippen molar-refractivity contribution < 1.29 is 9.71 Å². The van der Waals surface area contributed by atoms with Crippen LogP contribution in [0.5, 0.6) is 0 Å². The van der Waals surface area contributed by atoms with Gasteiger partial charge in [-0.1, -0.05) is 24.6 Å². The fourth-order valence-corrected chi connectivity index (χ4v) is 1.45. The van der Waals surface area contributed by atoms with Gasteiger partial charge in [-0.15, -0.1) is 0 Å². The standard InChI is InChI=1S/C11H15ClFN/c1-3-8(2)14-7-9-10(12)5-4-6-11(9)13/h4-6,8,14H,3,7H2,1-2H3/p+1/t8-/m1/s1. The van der Waals surface area contributed by atoms with Crippen LogP contribution in [0.2, 0.25) is 5.02 Å². The summed E-state index contributed by atoms with van der Waals surface area (Å²) in [5.74, 6) is -0.211. The van der Waals surface area contributed by atoms with Gasteiger partial charge in [0.2, 0.25) is 0 Å². The second-order valence-corrected chi connectivity index (χ2v) is 3.93. The summed E-state index contributed by atoms with van der Waals surface area (Å²) < 4.78 is 13.3. The molecule has 0 bridgehead atoms. The number of hydrogen-bond donors (Lipinski definition) is 1. The molecule has 0 radical (unpaired) electrons. The highest BCUT2D eigenvalue weighted by Crippen LogP contribution is 2.17. The molecule has 78 valence electrons. The zero-order chi connectivity index (χ0) is 10.6. The first kappa shape index (κ1) is 11.5. The average molecular weight is 217 g/mol. The van der Waals surface area contributed by atoms with Crippen molar-refractivity contribution in [1.82, 2.24) is 0 Å². The Hall–Kier alpha value is -0.600. The Bertz CT molecular complexity index is 281. The molecule has 0 fully saturated rings. The Labute approximate surface area is 89.3 Å². The maximum Gasteiger partial charge on any atom is 0.133 e. The van der Waals surface area contributed by atoms with Crippen LogP contribution in [0.1, 0.15) is 25.8 Å². The van der Waals surface area contributed by atoms with E-state index in [2.05, 4.69) is 19.2 Å². The van der Waals surface area contributed by atoms with E-state index in [4.69, 9.17) is 11.6 Å². The molecule has 1 nitrogen and oxygen atoms in total. The summed E-state index contributed by atoms with van der Waals surface area (Å²) in [5.41, 5.74) is 0.606. The molecular formula is C11H16ClFN+. The molecule has 0 spiro atoms. The van der Waals surface area contributed by atoms with Gasteiger partial charge in [-0.05, 0) is 25.5 Å². The molecule has 2 N–H and O–H groups in total. The molecule has 0 aliphatic rings. The van der Waals surface area contributed by atoms with E-state index in [0.717, 1.165) is 6.42 Å². The summed E-state index contributed by atoms with van der Waals surface area (Å²) in [6.45, 7) is 4.85. The predicted molar refractivity (Wildman–Crippen MR) is 56.8 cm³/mol. The number of nitrogens with two attached hydrogens (primary N) is 1. The topological polar surface area (TPSA) is 16.6 Å². The van der Waals surface area contributed by atoms with Gasteiger partial charge in [0.1, 0.15) is 12.4 Å². The molecule has 3 heteroatoms. The quantitative estimate of drug-likeness (QED) is 0.796. The monoisotopic (exact) mass is 216 g/mol. The van der Waals surface area contributed by atoms with Crippen molar-refractivity contribution in [3.63, 3.8) is 0 Å². The number of rotatable bonds is 4. The Balaban J connectivity index is 2.66. The minimum Gasteiger partial charge on any atom is -0.340 e. The number of quaternary nitrogens is 1. The highest BCUT2D eigenvalue weighted by molar-refractivity contribution is 6.31. The maximum atomic E-state index is 13.3. The lowest BCUT2D eigenvalue weighted by Gasteiger charge is -2.09. The molecule has 1 rings (SSSR count). The zero-order valence-corrected chi connectivity index (χ0v) is 9.31. The van der Waals surface area contributed by atoms with E-state index < -0.39 is 0 Å². The smallest absolute Gasteiger partial charge is 0.133 e. The normalized spacial score (nSPS) is 12.9. The molecule has 1 aromatic rings. The second kappa shape index (κ2) is 5.32. The zero-order valence-electron chi connectivity index (χ0n) is 8.56. The van der Waals surface area contributed by atoms with Crippen LogP contribution in [0.15, 0.2) is 18.2 Å². The van der Waals surface area contributed by atoms with E-state index in [-0.39, 0.29) is 5.82 Å².